The number of carbonyl (C=O) groups is 6. The summed E-state index contributed by atoms with van der Waals surface area (Å²) in [7, 11) is 0. The van der Waals surface area contributed by atoms with Crippen LogP contribution in [-0.2, 0) is 28.8 Å². The Morgan fingerprint density at radius 2 is 1.70 bits per heavy atom. The van der Waals surface area contributed by atoms with Crippen LogP contribution < -0.4 is 22.2 Å². The molecule has 0 bridgehead atoms. The number of rotatable bonds is 9. The molecule has 10 N–H and O–H groups in total. The number of carboxylic acid groups (broad SMARTS) is 2. The van der Waals surface area contributed by atoms with Gasteiger partial charge in [-0.15, -0.1) is 0 Å². The summed E-state index contributed by atoms with van der Waals surface area (Å²) in [5.41, 5.74) is 11.5. The fourth-order valence-electron chi connectivity index (χ4n) is 2.57. The van der Waals surface area contributed by atoms with Crippen LogP contribution in [0.4, 0.5) is 0 Å². The summed E-state index contributed by atoms with van der Waals surface area (Å²) in [6.07, 6.45) is -1.37. The van der Waals surface area contributed by atoms with E-state index in [-0.39, 0.29) is 6.42 Å². The minimum Gasteiger partial charge on any atom is -0.498 e. The van der Waals surface area contributed by atoms with Crippen molar-refractivity contribution < 1.29 is 53.8 Å². The summed E-state index contributed by atoms with van der Waals surface area (Å²) in [6.45, 7) is 0.553. The zero-order valence-corrected chi connectivity index (χ0v) is 15.7. The van der Waals surface area contributed by atoms with Crippen molar-refractivity contribution in [3.8, 4) is 0 Å². The molecule has 0 aliphatic carbocycles. The summed E-state index contributed by atoms with van der Waals surface area (Å²) in [5, 5.41) is 38.8. The minimum atomic E-state index is -2.20. The average Bonchev–Trinajstić information content (AvgIpc) is 2.92. The SMILES string of the molecule is C[C@H](N)C(=O)[N+]1(C(=O)[C@H](CC(=O)O)NC(=O)[C@@H](N)CCO)NC(C(=O)O)=C(O)C1=O. The van der Waals surface area contributed by atoms with E-state index in [9.17, 15) is 33.9 Å². The molecule has 1 heterocycles. The second-order valence-corrected chi connectivity index (χ2v) is 6.36. The Morgan fingerprint density at radius 3 is 2.10 bits per heavy atom. The van der Waals surface area contributed by atoms with Crippen molar-refractivity contribution in [1.29, 1.82) is 0 Å². The van der Waals surface area contributed by atoms with Crippen molar-refractivity contribution in [2.24, 2.45) is 11.5 Å². The third-order valence-corrected chi connectivity index (χ3v) is 4.06. The molecule has 0 saturated heterocycles. The third-order valence-electron chi connectivity index (χ3n) is 4.06. The summed E-state index contributed by atoms with van der Waals surface area (Å²) >= 11 is 0. The van der Waals surface area contributed by atoms with Crippen LogP contribution in [0.2, 0.25) is 0 Å². The zero-order chi connectivity index (χ0) is 23.4. The number of quaternary nitrogens is 1. The maximum atomic E-state index is 13.1. The van der Waals surface area contributed by atoms with Crippen molar-refractivity contribution in [2.75, 3.05) is 6.61 Å². The second kappa shape index (κ2) is 9.40. The molecule has 1 aliphatic heterocycles. The number of carboxylic acids is 2. The van der Waals surface area contributed by atoms with Gasteiger partial charge in [-0.2, -0.15) is 0 Å². The predicted molar refractivity (Wildman–Crippen MR) is 93.2 cm³/mol. The summed E-state index contributed by atoms with van der Waals surface area (Å²) in [4.78, 5) is 72.8. The highest BCUT2D eigenvalue weighted by Crippen LogP contribution is 2.25. The number of imide groups is 3. The van der Waals surface area contributed by atoms with Crippen LogP contribution in [-0.4, -0.2) is 85.3 Å². The summed E-state index contributed by atoms with van der Waals surface area (Å²) < 4.78 is -2.20. The lowest BCUT2D eigenvalue weighted by Crippen LogP contribution is -2.72. The molecular formula is C15H22N5O10+. The number of aliphatic hydroxyl groups is 2. The monoisotopic (exact) mass is 432 g/mol. The third kappa shape index (κ3) is 4.60. The van der Waals surface area contributed by atoms with E-state index in [2.05, 4.69) is 0 Å². The Kier molecular flexibility index (Phi) is 7.72. The molecule has 1 aliphatic rings. The Morgan fingerprint density at radius 1 is 1.13 bits per heavy atom. The van der Waals surface area contributed by atoms with E-state index in [1.807, 2.05) is 5.32 Å². The second-order valence-electron chi connectivity index (χ2n) is 6.36. The van der Waals surface area contributed by atoms with Gasteiger partial charge in [0.2, 0.25) is 11.6 Å². The van der Waals surface area contributed by atoms with E-state index in [1.165, 1.54) is 0 Å². The molecule has 4 amide bonds. The highest BCUT2D eigenvalue weighted by molar-refractivity contribution is 6.11. The summed E-state index contributed by atoms with van der Waals surface area (Å²) in [6, 6.07) is -4.97. The largest absolute Gasteiger partial charge is 0.498 e. The molecule has 0 aromatic carbocycles. The number of aliphatic hydroxyl groups excluding tert-OH is 2. The van der Waals surface area contributed by atoms with Crippen molar-refractivity contribution in [3.05, 3.63) is 11.5 Å². The molecule has 1 unspecified atom stereocenters. The zero-order valence-electron chi connectivity index (χ0n) is 15.7. The van der Waals surface area contributed by atoms with Crippen LogP contribution >= 0.6 is 0 Å². The Bertz CT molecular complexity index is 823. The van der Waals surface area contributed by atoms with Gasteiger partial charge in [-0.1, -0.05) is 0 Å². The Labute approximate surface area is 168 Å². The van der Waals surface area contributed by atoms with Crippen molar-refractivity contribution in [2.45, 2.75) is 37.9 Å². The predicted octanol–water partition coefficient (Wildman–Crippen LogP) is -4.23. The van der Waals surface area contributed by atoms with Crippen molar-refractivity contribution in [3.63, 3.8) is 0 Å². The van der Waals surface area contributed by atoms with Gasteiger partial charge in [0.15, 0.2) is 6.04 Å². The lowest BCUT2D eigenvalue weighted by atomic mass is 10.1. The fraction of sp³-hybridized carbons (Fsp3) is 0.467. The van der Waals surface area contributed by atoms with Gasteiger partial charge < -0.3 is 37.2 Å². The Balaban J connectivity index is 3.47. The van der Waals surface area contributed by atoms with Gasteiger partial charge in [-0.25, -0.2) is 24.6 Å². The number of aliphatic carboxylic acids is 2. The smallest absolute Gasteiger partial charge is 0.422 e. The van der Waals surface area contributed by atoms with E-state index < -0.39 is 82.8 Å². The molecule has 0 radical (unpaired) electrons. The first-order valence-corrected chi connectivity index (χ1v) is 8.42. The summed E-state index contributed by atoms with van der Waals surface area (Å²) in [5.74, 6) is -10.8. The van der Waals surface area contributed by atoms with E-state index >= 15 is 0 Å². The van der Waals surface area contributed by atoms with Gasteiger partial charge in [0, 0.05) is 6.61 Å². The number of nitrogens with zero attached hydrogens (tertiary/aromatic N) is 1. The molecule has 0 aromatic rings. The molecule has 0 fully saturated rings. The molecule has 0 spiro atoms. The van der Waals surface area contributed by atoms with Gasteiger partial charge in [-0.05, 0) is 17.9 Å². The lowest BCUT2D eigenvalue weighted by molar-refractivity contribution is -0.740. The normalized spacial score (nSPS) is 21.4. The number of carbonyl (C=O) groups excluding carboxylic acids is 4. The van der Waals surface area contributed by atoms with Crippen LogP contribution in [0.3, 0.4) is 0 Å². The molecular weight excluding hydrogens is 410 g/mol. The van der Waals surface area contributed by atoms with E-state index in [4.69, 9.17) is 26.8 Å². The topological polar surface area (TPSA) is 259 Å². The molecule has 166 valence electrons. The van der Waals surface area contributed by atoms with E-state index in [0.717, 1.165) is 6.92 Å². The minimum absolute atomic E-state index is 0.249. The maximum absolute atomic E-state index is 13.1. The first-order chi connectivity index (χ1) is 13.8. The number of hydrogen-bond acceptors (Lipinski definition) is 11. The highest BCUT2D eigenvalue weighted by Gasteiger charge is 2.64. The molecule has 15 nitrogen and oxygen atoms in total. The van der Waals surface area contributed by atoms with Crippen LogP contribution in [0.25, 0.3) is 0 Å². The number of nitrogens with one attached hydrogen (secondary N) is 2. The van der Waals surface area contributed by atoms with Gasteiger partial charge in [0.25, 0.3) is 5.76 Å². The number of nitrogens with two attached hydrogens (primary N) is 2. The first-order valence-electron chi connectivity index (χ1n) is 8.42. The molecule has 0 saturated carbocycles. The molecule has 15 heteroatoms. The standard InChI is InChI=1S/C15H21N5O10/c1-5(16)12(26)20(14(28)10(24)9(19-20)15(29)30)13(27)7(4-8(22)23)18-11(25)6(17)2-3-21/h5-7,21H,2-4,16-17H2,1H3,(H4-,18,19,22,23,24,25,28,29,30)/p+1/t5-,6-,7-,20?/m0/s1. The van der Waals surface area contributed by atoms with Gasteiger partial charge in [-0.3, -0.25) is 9.59 Å². The average molecular weight is 432 g/mol. The van der Waals surface area contributed by atoms with E-state index in [1.54, 1.807) is 5.43 Å². The molecule has 1 rings (SSSR count). The van der Waals surface area contributed by atoms with Crippen LogP contribution in [0.15, 0.2) is 11.5 Å². The van der Waals surface area contributed by atoms with Crippen LogP contribution in [0.5, 0.6) is 0 Å². The maximum Gasteiger partial charge on any atom is 0.422 e. The highest BCUT2D eigenvalue weighted by atomic mass is 16.4. The van der Waals surface area contributed by atoms with Crippen LogP contribution in [0, 0.1) is 0 Å². The quantitative estimate of drug-likeness (QED) is 0.161. The van der Waals surface area contributed by atoms with Crippen molar-refractivity contribution in [1.82, 2.24) is 10.7 Å². The van der Waals surface area contributed by atoms with Crippen LogP contribution in [0.1, 0.15) is 19.8 Å². The van der Waals surface area contributed by atoms with Gasteiger partial charge in [0.1, 0.15) is 6.04 Å². The Hall–Kier alpha value is -3.40. The van der Waals surface area contributed by atoms with E-state index in [0.29, 0.717) is 0 Å². The number of hydrogen-bond donors (Lipinski definition) is 8. The molecule has 4 atom stereocenters. The van der Waals surface area contributed by atoms with Crippen molar-refractivity contribution >= 4 is 35.6 Å². The molecule has 0 aromatic heterocycles. The number of amides is 4. The van der Waals surface area contributed by atoms with Gasteiger partial charge >= 0.3 is 29.7 Å². The fourth-order valence-corrected chi connectivity index (χ4v) is 2.57. The lowest BCUT2D eigenvalue weighted by Gasteiger charge is -2.30. The van der Waals surface area contributed by atoms with Gasteiger partial charge in [0.05, 0.1) is 12.5 Å². The molecule has 30 heavy (non-hydrogen) atoms. The first kappa shape index (κ1) is 24.6.